The van der Waals surface area contributed by atoms with Gasteiger partial charge >= 0.3 is 0 Å². The zero-order valence-corrected chi connectivity index (χ0v) is 13.1. The lowest BCUT2D eigenvalue weighted by Gasteiger charge is -2.30. The third-order valence-electron chi connectivity index (χ3n) is 3.69. The lowest BCUT2D eigenvalue weighted by atomic mass is 10.1. The number of thiazole rings is 1. The molecule has 1 saturated heterocycles. The van der Waals surface area contributed by atoms with Gasteiger partial charge in [0.15, 0.2) is 10.8 Å². The second-order valence-corrected chi connectivity index (χ2v) is 6.50. The molecule has 21 heavy (non-hydrogen) atoms. The molecule has 0 saturated carbocycles. The largest absolute Gasteiger partial charge is 0.459 e. The zero-order valence-electron chi connectivity index (χ0n) is 12.3. The van der Waals surface area contributed by atoms with Gasteiger partial charge in [-0.25, -0.2) is 4.98 Å². The maximum absolute atomic E-state index is 12.6. The van der Waals surface area contributed by atoms with Gasteiger partial charge in [0.05, 0.1) is 5.69 Å². The Morgan fingerprint density at radius 2 is 2.29 bits per heavy atom. The summed E-state index contributed by atoms with van der Waals surface area (Å²) in [5.74, 6) is 1.59. The van der Waals surface area contributed by atoms with E-state index in [-0.39, 0.29) is 11.9 Å². The van der Waals surface area contributed by atoms with Gasteiger partial charge < -0.3 is 15.1 Å². The predicted octanol–water partition coefficient (Wildman–Crippen LogP) is 2.58. The molecule has 3 heterocycles. The molecular weight excluding hydrogens is 286 g/mol. The van der Waals surface area contributed by atoms with E-state index in [2.05, 4.69) is 4.98 Å². The van der Waals surface area contributed by atoms with Gasteiger partial charge in [-0.2, -0.15) is 0 Å². The van der Waals surface area contributed by atoms with Crippen LogP contribution in [0.4, 0.5) is 0 Å². The Bertz CT molecular complexity index is 662. The third kappa shape index (κ3) is 2.87. The Morgan fingerprint density at radius 1 is 1.48 bits per heavy atom. The maximum atomic E-state index is 12.6. The van der Waals surface area contributed by atoms with Crippen LogP contribution < -0.4 is 5.73 Å². The molecule has 0 aromatic carbocycles. The van der Waals surface area contributed by atoms with Crippen LogP contribution >= 0.6 is 11.3 Å². The van der Waals surface area contributed by atoms with Crippen molar-refractivity contribution in [3.05, 3.63) is 28.5 Å². The van der Waals surface area contributed by atoms with Crippen LogP contribution in [0.5, 0.6) is 0 Å². The van der Waals surface area contributed by atoms with Gasteiger partial charge in [0.1, 0.15) is 10.6 Å². The summed E-state index contributed by atoms with van der Waals surface area (Å²) >= 11 is 1.39. The molecule has 0 radical (unpaired) electrons. The number of rotatable bonds is 2. The number of hydrogen-bond acceptors (Lipinski definition) is 5. The number of piperidine rings is 1. The van der Waals surface area contributed by atoms with Crippen LogP contribution in [0.15, 0.2) is 16.5 Å². The topological polar surface area (TPSA) is 72.4 Å². The highest BCUT2D eigenvalue weighted by molar-refractivity contribution is 7.17. The molecule has 1 atom stereocenters. The quantitative estimate of drug-likeness (QED) is 0.925. The average Bonchev–Trinajstić information content (AvgIpc) is 3.04. The fraction of sp³-hybridized carbons (Fsp3) is 0.467. The van der Waals surface area contributed by atoms with E-state index in [0.717, 1.165) is 41.6 Å². The number of amides is 1. The van der Waals surface area contributed by atoms with E-state index in [1.807, 2.05) is 30.9 Å². The van der Waals surface area contributed by atoms with Gasteiger partial charge in [-0.05, 0) is 38.8 Å². The summed E-state index contributed by atoms with van der Waals surface area (Å²) in [7, 11) is 0. The molecule has 0 spiro atoms. The summed E-state index contributed by atoms with van der Waals surface area (Å²) in [6.07, 6.45) is 1.96. The minimum Gasteiger partial charge on any atom is -0.459 e. The van der Waals surface area contributed by atoms with Crippen molar-refractivity contribution in [1.82, 2.24) is 9.88 Å². The van der Waals surface area contributed by atoms with Crippen molar-refractivity contribution in [2.45, 2.75) is 32.7 Å². The number of aryl methyl sites for hydroxylation is 2. The molecule has 0 bridgehead atoms. The Hall–Kier alpha value is -1.66. The van der Waals surface area contributed by atoms with Gasteiger partial charge in [0.2, 0.25) is 0 Å². The molecule has 2 N–H and O–H groups in total. The van der Waals surface area contributed by atoms with Crippen molar-refractivity contribution in [2.24, 2.45) is 5.73 Å². The minimum absolute atomic E-state index is 0.0367. The molecule has 0 aliphatic carbocycles. The van der Waals surface area contributed by atoms with Gasteiger partial charge in [-0.1, -0.05) is 0 Å². The van der Waals surface area contributed by atoms with Crippen molar-refractivity contribution in [3.8, 4) is 10.8 Å². The SMILES string of the molecule is Cc1ccc(-c2nc(C)c(C(=O)N3CCCC(N)C3)s2)o1. The number of nitrogens with zero attached hydrogens (tertiary/aromatic N) is 2. The Morgan fingerprint density at radius 3 is 2.95 bits per heavy atom. The number of hydrogen-bond donors (Lipinski definition) is 1. The second kappa shape index (κ2) is 5.61. The van der Waals surface area contributed by atoms with E-state index in [1.165, 1.54) is 11.3 Å². The maximum Gasteiger partial charge on any atom is 0.265 e. The summed E-state index contributed by atoms with van der Waals surface area (Å²) in [4.78, 5) is 19.6. The van der Waals surface area contributed by atoms with Crippen molar-refractivity contribution in [3.63, 3.8) is 0 Å². The lowest BCUT2D eigenvalue weighted by molar-refractivity contribution is 0.0713. The molecule has 5 nitrogen and oxygen atoms in total. The monoisotopic (exact) mass is 305 g/mol. The highest BCUT2D eigenvalue weighted by Gasteiger charge is 2.26. The normalized spacial score (nSPS) is 19.0. The Kier molecular flexibility index (Phi) is 3.82. The Labute approximate surface area is 127 Å². The van der Waals surface area contributed by atoms with E-state index >= 15 is 0 Å². The number of aromatic nitrogens is 1. The standard InChI is InChI=1S/C15H19N3O2S/c1-9-5-6-12(20-9)14-17-10(2)13(21-14)15(19)18-7-3-4-11(16)8-18/h5-6,11H,3-4,7-8,16H2,1-2H3. The van der Waals surface area contributed by atoms with E-state index < -0.39 is 0 Å². The van der Waals surface area contributed by atoms with Crippen LogP contribution in [0.25, 0.3) is 10.8 Å². The first kappa shape index (κ1) is 14.3. The molecule has 1 aliphatic rings. The van der Waals surface area contributed by atoms with Gasteiger partial charge in [0.25, 0.3) is 5.91 Å². The molecule has 6 heteroatoms. The van der Waals surface area contributed by atoms with Crippen LogP contribution in [0.1, 0.15) is 34.0 Å². The summed E-state index contributed by atoms with van der Waals surface area (Å²) in [5, 5.41) is 0.755. The summed E-state index contributed by atoms with van der Waals surface area (Å²) < 4.78 is 5.58. The van der Waals surface area contributed by atoms with Crippen molar-refractivity contribution >= 4 is 17.2 Å². The smallest absolute Gasteiger partial charge is 0.265 e. The number of likely N-dealkylation sites (tertiary alicyclic amines) is 1. The molecular formula is C15H19N3O2S. The number of furan rings is 1. The molecule has 2 aromatic heterocycles. The van der Waals surface area contributed by atoms with E-state index in [0.29, 0.717) is 11.4 Å². The van der Waals surface area contributed by atoms with E-state index in [1.54, 1.807) is 0 Å². The molecule has 1 amide bonds. The van der Waals surface area contributed by atoms with Crippen LogP contribution in [-0.2, 0) is 0 Å². The van der Waals surface area contributed by atoms with Crippen molar-refractivity contribution in [2.75, 3.05) is 13.1 Å². The molecule has 3 rings (SSSR count). The van der Waals surface area contributed by atoms with Crippen molar-refractivity contribution < 1.29 is 9.21 Å². The molecule has 112 valence electrons. The summed E-state index contributed by atoms with van der Waals surface area (Å²) in [6.45, 7) is 5.17. The number of carbonyl (C=O) groups excluding carboxylic acids is 1. The van der Waals surface area contributed by atoms with Gasteiger partial charge in [0, 0.05) is 19.1 Å². The summed E-state index contributed by atoms with van der Waals surface area (Å²) in [6, 6.07) is 3.87. The first-order valence-corrected chi connectivity index (χ1v) is 7.95. The average molecular weight is 305 g/mol. The third-order valence-corrected chi connectivity index (χ3v) is 4.85. The first-order chi connectivity index (χ1) is 10.0. The predicted molar refractivity (Wildman–Crippen MR) is 82.4 cm³/mol. The second-order valence-electron chi connectivity index (χ2n) is 5.50. The van der Waals surface area contributed by atoms with E-state index in [4.69, 9.17) is 10.2 Å². The highest BCUT2D eigenvalue weighted by atomic mass is 32.1. The lowest BCUT2D eigenvalue weighted by Crippen LogP contribution is -2.45. The van der Waals surface area contributed by atoms with Gasteiger partial charge in [-0.15, -0.1) is 11.3 Å². The van der Waals surface area contributed by atoms with Crippen LogP contribution in [0, 0.1) is 13.8 Å². The number of carbonyl (C=O) groups is 1. The zero-order chi connectivity index (χ0) is 15.0. The minimum atomic E-state index is 0.0367. The van der Waals surface area contributed by atoms with E-state index in [9.17, 15) is 4.79 Å². The van der Waals surface area contributed by atoms with Crippen LogP contribution in [0.3, 0.4) is 0 Å². The fourth-order valence-corrected chi connectivity index (χ4v) is 3.58. The van der Waals surface area contributed by atoms with Crippen LogP contribution in [0.2, 0.25) is 0 Å². The van der Waals surface area contributed by atoms with Gasteiger partial charge in [-0.3, -0.25) is 4.79 Å². The molecule has 2 aromatic rings. The molecule has 1 fully saturated rings. The van der Waals surface area contributed by atoms with Crippen LogP contribution in [-0.4, -0.2) is 34.9 Å². The van der Waals surface area contributed by atoms with Crippen molar-refractivity contribution in [1.29, 1.82) is 0 Å². The molecule has 1 aliphatic heterocycles. The highest BCUT2D eigenvalue weighted by Crippen LogP contribution is 2.30. The Balaban J connectivity index is 1.85. The molecule has 1 unspecified atom stereocenters. The first-order valence-electron chi connectivity index (χ1n) is 7.13. The fourth-order valence-electron chi connectivity index (χ4n) is 2.59. The number of nitrogens with two attached hydrogens (primary N) is 1. The summed E-state index contributed by atoms with van der Waals surface area (Å²) in [5.41, 5.74) is 6.71.